The molecule has 1 saturated heterocycles. The van der Waals surface area contributed by atoms with Crippen molar-refractivity contribution in [3.8, 4) is 5.75 Å². The summed E-state index contributed by atoms with van der Waals surface area (Å²) in [5, 5.41) is 8.82. The van der Waals surface area contributed by atoms with E-state index in [1.54, 1.807) is 17.2 Å². The van der Waals surface area contributed by atoms with Gasteiger partial charge in [-0.3, -0.25) is 5.32 Å². The molecule has 2 heterocycles. The van der Waals surface area contributed by atoms with Crippen LogP contribution in [0.2, 0.25) is 0 Å². The van der Waals surface area contributed by atoms with E-state index in [1.165, 1.54) is 5.56 Å². The molecule has 3 aromatic carbocycles. The van der Waals surface area contributed by atoms with Crippen LogP contribution in [0.25, 0.3) is 0 Å². The number of hydrogen-bond acceptors (Lipinski definition) is 6. The lowest BCUT2D eigenvalue weighted by atomic mass is 9.86. The van der Waals surface area contributed by atoms with E-state index in [2.05, 4.69) is 41.7 Å². The lowest BCUT2D eigenvalue weighted by Crippen LogP contribution is -2.45. The molecule has 1 amide bonds. The molecule has 0 aliphatic carbocycles. The molecule has 3 aromatic rings. The third-order valence-corrected chi connectivity index (χ3v) is 6.42. The Bertz CT molecular complexity index is 1170. The van der Waals surface area contributed by atoms with Crippen molar-refractivity contribution in [2.75, 3.05) is 18.4 Å². The lowest BCUT2D eigenvalue weighted by Gasteiger charge is -2.35. The third-order valence-electron chi connectivity index (χ3n) is 6.42. The van der Waals surface area contributed by atoms with E-state index >= 15 is 0 Å². The molecule has 7 nitrogen and oxygen atoms in total. The van der Waals surface area contributed by atoms with Crippen molar-refractivity contribution in [2.24, 2.45) is 5.16 Å². The Morgan fingerprint density at radius 2 is 1.71 bits per heavy atom. The highest BCUT2D eigenvalue weighted by molar-refractivity contribution is 6.01. The van der Waals surface area contributed by atoms with Crippen molar-refractivity contribution >= 4 is 17.5 Å². The fourth-order valence-corrected chi connectivity index (χ4v) is 4.31. The number of piperidine rings is 1. The maximum atomic E-state index is 12.4. The van der Waals surface area contributed by atoms with E-state index in [1.807, 2.05) is 42.5 Å². The van der Waals surface area contributed by atoms with E-state index in [0.717, 1.165) is 41.9 Å². The second kappa shape index (κ2) is 10.2. The van der Waals surface area contributed by atoms with E-state index in [4.69, 9.17) is 14.4 Å². The Labute approximate surface area is 205 Å². The molecular weight excluding hydrogens is 442 g/mol. The third kappa shape index (κ3) is 5.81. The molecular formula is C28H29N3O4. The number of hydrogen-bond donors (Lipinski definition) is 1. The summed E-state index contributed by atoms with van der Waals surface area (Å²) in [6.07, 6.45) is 1.75. The van der Waals surface area contributed by atoms with Gasteiger partial charge in [0.25, 0.3) is 0 Å². The van der Waals surface area contributed by atoms with E-state index in [-0.39, 0.29) is 5.60 Å². The molecule has 1 fully saturated rings. The molecule has 5 rings (SSSR count). The van der Waals surface area contributed by atoms with Crippen molar-refractivity contribution in [2.45, 2.75) is 38.4 Å². The highest BCUT2D eigenvalue weighted by atomic mass is 16.7. The molecule has 1 N–H and O–H groups in total. The minimum Gasteiger partial charge on any atom is -0.489 e. The highest BCUT2D eigenvalue weighted by Gasteiger charge is 2.43. The molecule has 180 valence electrons. The highest BCUT2D eigenvalue weighted by Crippen LogP contribution is 2.36. The first-order valence-corrected chi connectivity index (χ1v) is 11.9. The topological polar surface area (TPSA) is 72.4 Å². The summed E-state index contributed by atoms with van der Waals surface area (Å²) in [5.74, 6) is 0.734. The zero-order valence-electron chi connectivity index (χ0n) is 19.8. The van der Waals surface area contributed by atoms with Crippen LogP contribution >= 0.6 is 0 Å². The number of rotatable bonds is 6. The zero-order chi connectivity index (χ0) is 24.1. The normalized spacial score (nSPS) is 16.9. The minimum atomic E-state index is -0.511. The average molecular weight is 472 g/mol. The summed E-state index contributed by atoms with van der Waals surface area (Å²) in [6.45, 7) is 3.75. The predicted octanol–water partition coefficient (Wildman–Crippen LogP) is 5.70. The van der Waals surface area contributed by atoms with Crippen molar-refractivity contribution in [1.82, 2.24) is 5.06 Å². The van der Waals surface area contributed by atoms with Crippen molar-refractivity contribution in [3.05, 3.63) is 95.6 Å². The van der Waals surface area contributed by atoms with Gasteiger partial charge in [-0.2, -0.15) is 0 Å². The number of carbonyl (C=O) groups excluding carboxylic acids is 1. The number of aryl methyl sites for hydroxylation is 1. The zero-order valence-corrected chi connectivity index (χ0v) is 19.8. The van der Waals surface area contributed by atoms with Crippen molar-refractivity contribution in [3.63, 3.8) is 0 Å². The number of benzene rings is 3. The second-order valence-corrected chi connectivity index (χ2v) is 9.09. The number of ether oxygens (including phenoxy) is 1. The van der Waals surface area contributed by atoms with Crippen LogP contribution in [0.15, 0.2) is 84.0 Å². The quantitative estimate of drug-likeness (QED) is 0.500. The summed E-state index contributed by atoms with van der Waals surface area (Å²) < 4.78 is 5.79. The van der Waals surface area contributed by atoms with Gasteiger partial charge in [0, 0.05) is 38.0 Å². The van der Waals surface area contributed by atoms with Crippen LogP contribution < -0.4 is 10.1 Å². The van der Waals surface area contributed by atoms with Crippen molar-refractivity contribution < 1.29 is 19.2 Å². The molecule has 2 aliphatic rings. The van der Waals surface area contributed by atoms with Crippen LogP contribution in [-0.2, 0) is 16.3 Å². The van der Waals surface area contributed by atoms with Crippen LogP contribution in [0.4, 0.5) is 10.5 Å². The Morgan fingerprint density at radius 3 is 2.43 bits per heavy atom. The number of amides is 1. The van der Waals surface area contributed by atoms with Gasteiger partial charge in [0.15, 0.2) is 0 Å². The molecule has 0 unspecified atom stereocenters. The van der Waals surface area contributed by atoms with Gasteiger partial charge >= 0.3 is 6.09 Å². The van der Waals surface area contributed by atoms with Crippen LogP contribution in [-0.4, -0.2) is 35.6 Å². The summed E-state index contributed by atoms with van der Waals surface area (Å²) in [6, 6.07) is 25.6. The lowest BCUT2D eigenvalue weighted by molar-refractivity contribution is -0.154. The maximum Gasteiger partial charge on any atom is 0.430 e. The van der Waals surface area contributed by atoms with Gasteiger partial charge in [0.2, 0.25) is 0 Å². The van der Waals surface area contributed by atoms with E-state index < -0.39 is 6.09 Å². The van der Waals surface area contributed by atoms with Crippen LogP contribution in [0, 0.1) is 6.92 Å². The van der Waals surface area contributed by atoms with Crippen LogP contribution in [0.3, 0.4) is 0 Å². The van der Waals surface area contributed by atoms with Gasteiger partial charge in [-0.05, 0) is 42.3 Å². The fourth-order valence-electron chi connectivity index (χ4n) is 4.31. The molecule has 0 aromatic heterocycles. The molecule has 7 heteroatoms. The van der Waals surface area contributed by atoms with E-state index in [9.17, 15) is 4.79 Å². The first kappa shape index (κ1) is 22.9. The molecule has 35 heavy (non-hydrogen) atoms. The smallest absolute Gasteiger partial charge is 0.430 e. The van der Waals surface area contributed by atoms with Gasteiger partial charge in [-0.15, -0.1) is 5.06 Å². The molecule has 0 saturated carbocycles. The number of nitrogens with one attached hydrogen (secondary N) is 1. The second-order valence-electron chi connectivity index (χ2n) is 9.09. The molecule has 1 spiro atoms. The van der Waals surface area contributed by atoms with Crippen molar-refractivity contribution in [1.29, 1.82) is 0 Å². The minimum absolute atomic E-state index is 0.313. The first-order valence-electron chi connectivity index (χ1n) is 11.9. The predicted molar refractivity (Wildman–Crippen MR) is 134 cm³/mol. The Kier molecular flexibility index (Phi) is 6.68. The molecule has 0 radical (unpaired) electrons. The van der Waals surface area contributed by atoms with Gasteiger partial charge < -0.3 is 14.4 Å². The number of carbonyl (C=O) groups is 1. The molecule has 0 atom stereocenters. The summed E-state index contributed by atoms with van der Waals surface area (Å²) in [7, 11) is 0. The van der Waals surface area contributed by atoms with Crippen LogP contribution in [0.5, 0.6) is 5.75 Å². The molecule has 2 aliphatic heterocycles. The standard InChI is InChI=1S/C28H29N3O4/c1-21-7-9-23(10-8-21)26-19-28(35-30-26)15-17-31(18-16-28)34-27(32)29-24-11-13-25(14-12-24)33-20-22-5-3-2-4-6-22/h2-14H,15-20H2,1H3,(H,29,32). The largest absolute Gasteiger partial charge is 0.489 e. The monoisotopic (exact) mass is 471 g/mol. The summed E-state index contributed by atoms with van der Waals surface area (Å²) in [4.78, 5) is 23.8. The Morgan fingerprint density at radius 1 is 1.00 bits per heavy atom. The number of hydroxylamine groups is 2. The van der Waals surface area contributed by atoms with Gasteiger partial charge in [-0.1, -0.05) is 65.3 Å². The number of oxime groups is 1. The SMILES string of the molecule is Cc1ccc(C2=NOC3(CCN(OC(=O)Nc4ccc(OCc5ccccc5)cc4)CC3)C2)cc1. The average Bonchev–Trinajstić information content (AvgIpc) is 3.30. The Hall–Kier alpha value is -3.84. The number of anilines is 1. The fraction of sp³-hybridized carbons (Fsp3) is 0.286. The first-order chi connectivity index (χ1) is 17.1. The Balaban J connectivity index is 1.06. The van der Waals surface area contributed by atoms with Gasteiger partial charge in [-0.25, -0.2) is 4.79 Å². The van der Waals surface area contributed by atoms with Gasteiger partial charge in [0.05, 0.1) is 5.71 Å². The number of nitrogens with zero attached hydrogens (tertiary/aromatic N) is 2. The maximum absolute atomic E-state index is 12.4. The summed E-state index contributed by atoms with van der Waals surface area (Å²) in [5.41, 5.74) is 4.73. The summed E-state index contributed by atoms with van der Waals surface area (Å²) >= 11 is 0. The molecule has 0 bridgehead atoms. The van der Waals surface area contributed by atoms with Gasteiger partial charge in [0.1, 0.15) is 18.0 Å². The van der Waals surface area contributed by atoms with E-state index in [0.29, 0.717) is 25.4 Å². The van der Waals surface area contributed by atoms with Crippen LogP contribution in [0.1, 0.15) is 36.0 Å².